The SMILES string of the molecule is CCc1nsc(N2CCN(c3ccccc3S(N)(=O)=O)CC2)n1. The zero-order valence-corrected chi connectivity index (χ0v) is 14.5. The van der Waals surface area contributed by atoms with Crippen molar-refractivity contribution >= 4 is 32.4 Å². The molecule has 0 unspecified atom stereocenters. The summed E-state index contributed by atoms with van der Waals surface area (Å²) < 4.78 is 27.8. The van der Waals surface area contributed by atoms with Gasteiger partial charge in [-0.1, -0.05) is 19.1 Å². The largest absolute Gasteiger partial charge is 0.367 e. The summed E-state index contributed by atoms with van der Waals surface area (Å²) in [4.78, 5) is 8.93. The fourth-order valence-corrected chi connectivity index (χ4v) is 4.17. The van der Waals surface area contributed by atoms with Crippen LogP contribution in [0.2, 0.25) is 0 Å². The Kier molecular flexibility index (Phi) is 4.51. The zero-order chi connectivity index (χ0) is 16.4. The first-order valence-electron chi connectivity index (χ1n) is 7.43. The Balaban J connectivity index is 1.75. The van der Waals surface area contributed by atoms with Crippen LogP contribution in [-0.2, 0) is 16.4 Å². The van der Waals surface area contributed by atoms with E-state index in [2.05, 4.69) is 19.2 Å². The van der Waals surface area contributed by atoms with Crippen molar-refractivity contribution < 1.29 is 8.42 Å². The van der Waals surface area contributed by atoms with Crippen molar-refractivity contribution in [3.63, 3.8) is 0 Å². The van der Waals surface area contributed by atoms with Gasteiger partial charge in [-0.15, -0.1) is 0 Å². The number of piperazine rings is 1. The summed E-state index contributed by atoms with van der Waals surface area (Å²) in [7, 11) is -3.72. The Hall–Kier alpha value is -1.71. The third kappa shape index (κ3) is 3.46. The van der Waals surface area contributed by atoms with Crippen LogP contribution in [0.25, 0.3) is 0 Å². The van der Waals surface area contributed by atoms with Gasteiger partial charge in [0, 0.05) is 44.1 Å². The molecule has 0 amide bonds. The highest BCUT2D eigenvalue weighted by Gasteiger charge is 2.24. The second-order valence-corrected chi connectivity index (χ2v) is 7.59. The first-order chi connectivity index (χ1) is 11.0. The molecule has 0 bridgehead atoms. The number of benzene rings is 1. The minimum Gasteiger partial charge on any atom is -0.367 e. The molecular weight excluding hydrogens is 334 g/mol. The topological polar surface area (TPSA) is 92.4 Å². The minimum absolute atomic E-state index is 0.178. The fraction of sp³-hybridized carbons (Fsp3) is 0.429. The summed E-state index contributed by atoms with van der Waals surface area (Å²) >= 11 is 1.42. The Morgan fingerprint density at radius 1 is 1.17 bits per heavy atom. The molecule has 1 fully saturated rings. The van der Waals surface area contributed by atoms with Crippen LogP contribution in [0, 0.1) is 0 Å². The van der Waals surface area contributed by atoms with Gasteiger partial charge in [0.2, 0.25) is 15.2 Å². The normalized spacial score (nSPS) is 15.9. The molecule has 23 heavy (non-hydrogen) atoms. The molecule has 0 aliphatic carbocycles. The van der Waals surface area contributed by atoms with Crippen LogP contribution in [-0.4, -0.2) is 44.0 Å². The lowest BCUT2D eigenvalue weighted by molar-refractivity contribution is 0.595. The maximum absolute atomic E-state index is 11.7. The van der Waals surface area contributed by atoms with E-state index in [1.807, 2.05) is 13.0 Å². The summed E-state index contributed by atoms with van der Waals surface area (Å²) in [6, 6.07) is 6.87. The number of anilines is 2. The number of nitrogens with two attached hydrogens (primary N) is 1. The summed E-state index contributed by atoms with van der Waals surface area (Å²) in [5.41, 5.74) is 0.668. The molecule has 3 rings (SSSR count). The highest BCUT2D eigenvalue weighted by molar-refractivity contribution is 7.89. The summed E-state index contributed by atoms with van der Waals surface area (Å²) in [5.74, 6) is 0.868. The van der Waals surface area contributed by atoms with E-state index >= 15 is 0 Å². The van der Waals surface area contributed by atoms with Gasteiger partial charge in [0.15, 0.2) is 0 Å². The van der Waals surface area contributed by atoms with Crippen LogP contribution in [0.5, 0.6) is 0 Å². The Bertz CT molecular complexity index is 782. The van der Waals surface area contributed by atoms with Crippen molar-refractivity contribution in [2.24, 2.45) is 5.14 Å². The van der Waals surface area contributed by atoms with E-state index in [0.29, 0.717) is 18.8 Å². The number of nitrogens with zero attached hydrogens (tertiary/aromatic N) is 4. The first-order valence-corrected chi connectivity index (χ1v) is 9.75. The predicted molar refractivity (Wildman–Crippen MR) is 91.5 cm³/mol. The molecule has 0 atom stereocenters. The van der Waals surface area contributed by atoms with E-state index in [-0.39, 0.29) is 4.90 Å². The molecule has 0 spiro atoms. The van der Waals surface area contributed by atoms with E-state index in [1.165, 1.54) is 11.5 Å². The van der Waals surface area contributed by atoms with E-state index in [4.69, 9.17) is 5.14 Å². The van der Waals surface area contributed by atoms with E-state index in [9.17, 15) is 8.42 Å². The van der Waals surface area contributed by atoms with E-state index < -0.39 is 10.0 Å². The summed E-state index contributed by atoms with van der Waals surface area (Å²) in [6.45, 7) is 5.02. The molecule has 0 radical (unpaired) electrons. The standard InChI is InChI=1S/C14H19N5O2S2/c1-2-13-16-14(22-17-13)19-9-7-18(8-10-19)11-5-3-4-6-12(11)23(15,20)21/h3-6H,2,7-10H2,1H3,(H2,15,20,21). The van der Waals surface area contributed by atoms with E-state index in [0.717, 1.165) is 30.5 Å². The smallest absolute Gasteiger partial charge is 0.240 e. The van der Waals surface area contributed by atoms with Crippen molar-refractivity contribution in [2.75, 3.05) is 36.0 Å². The highest BCUT2D eigenvalue weighted by atomic mass is 32.2. The van der Waals surface area contributed by atoms with Gasteiger partial charge in [0.25, 0.3) is 0 Å². The zero-order valence-electron chi connectivity index (χ0n) is 12.8. The van der Waals surface area contributed by atoms with Crippen molar-refractivity contribution in [1.82, 2.24) is 9.36 Å². The molecule has 9 heteroatoms. The molecule has 2 N–H and O–H groups in total. The molecule has 7 nitrogen and oxygen atoms in total. The molecule has 2 heterocycles. The van der Waals surface area contributed by atoms with Crippen molar-refractivity contribution in [2.45, 2.75) is 18.2 Å². The number of aryl methyl sites for hydroxylation is 1. The number of hydrogen-bond acceptors (Lipinski definition) is 7. The van der Waals surface area contributed by atoms with Crippen LogP contribution in [0.4, 0.5) is 10.8 Å². The molecule has 0 saturated carbocycles. The Morgan fingerprint density at radius 2 is 1.83 bits per heavy atom. The maximum Gasteiger partial charge on any atom is 0.240 e. The summed E-state index contributed by atoms with van der Waals surface area (Å²) in [5, 5.41) is 6.25. The number of primary sulfonamides is 1. The second kappa shape index (κ2) is 6.42. The molecule has 1 aromatic heterocycles. The van der Waals surface area contributed by atoms with Crippen LogP contribution in [0.15, 0.2) is 29.2 Å². The van der Waals surface area contributed by atoms with Gasteiger partial charge in [-0.2, -0.15) is 4.37 Å². The minimum atomic E-state index is -3.72. The van der Waals surface area contributed by atoms with Gasteiger partial charge in [0.1, 0.15) is 10.7 Å². The molecule has 1 aromatic carbocycles. The Labute approximate surface area is 140 Å². The number of aromatic nitrogens is 2. The molecule has 124 valence electrons. The van der Waals surface area contributed by atoms with Crippen molar-refractivity contribution in [1.29, 1.82) is 0 Å². The van der Waals surface area contributed by atoms with Gasteiger partial charge in [-0.05, 0) is 12.1 Å². The third-order valence-electron chi connectivity index (χ3n) is 3.84. The molecular formula is C14H19N5O2S2. The lowest BCUT2D eigenvalue weighted by Crippen LogP contribution is -2.47. The number of para-hydroxylation sites is 1. The molecule has 1 aliphatic heterocycles. The van der Waals surface area contributed by atoms with Crippen LogP contribution < -0.4 is 14.9 Å². The second-order valence-electron chi connectivity index (χ2n) is 5.33. The average molecular weight is 353 g/mol. The monoisotopic (exact) mass is 353 g/mol. The Morgan fingerprint density at radius 3 is 2.43 bits per heavy atom. The van der Waals surface area contributed by atoms with Gasteiger partial charge in [-0.3, -0.25) is 0 Å². The van der Waals surface area contributed by atoms with Gasteiger partial charge < -0.3 is 9.80 Å². The third-order valence-corrected chi connectivity index (χ3v) is 5.61. The lowest BCUT2D eigenvalue weighted by atomic mass is 10.2. The van der Waals surface area contributed by atoms with Gasteiger partial charge in [0.05, 0.1) is 5.69 Å². The van der Waals surface area contributed by atoms with Crippen LogP contribution in [0.1, 0.15) is 12.7 Å². The molecule has 1 aliphatic rings. The predicted octanol–water partition coefficient (Wildman–Crippen LogP) is 1.07. The van der Waals surface area contributed by atoms with Crippen molar-refractivity contribution in [3.8, 4) is 0 Å². The van der Waals surface area contributed by atoms with E-state index in [1.54, 1.807) is 18.2 Å². The highest BCUT2D eigenvalue weighted by Crippen LogP contribution is 2.26. The number of sulfonamides is 1. The lowest BCUT2D eigenvalue weighted by Gasteiger charge is -2.36. The molecule has 1 saturated heterocycles. The average Bonchev–Trinajstić information content (AvgIpc) is 3.03. The molecule has 2 aromatic rings. The fourth-order valence-electron chi connectivity index (χ4n) is 2.61. The summed E-state index contributed by atoms with van der Waals surface area (Å²) in [6.07, 6.45) is 0.832. The quantitative estimate of drug-likeness (QED) is 0.884. The van der Waals surface area contributed by atoms with Gasteiger partial charge in [-0.25, -0.2) is 18.5 Å². The maximum atomic E-state index is 11.7. The van der Waals surface area contributed by atoms with Crippen LogP contribution >= 0.6 is 11.5 Å². The van der Waals surface area contributed by atoms with Crippen molar-refractivity contribution in [3.05, 3.63) is 30.1 Å². The number of hydrogen-bond donors (Lipinski definition) is 1. The van der Waals surface area contributed by atoms with Crippen LogP contribution in [0.3, 0.4) is 0 Å². The van der Waals surface area contributed by atoms with Gasteiger partial charge >= 0.3 is 0 Å². The first kappa shape index (κ1) is 16.2. The number of rotatable bonds is 4.